The smallest absolute Gasteiger partial charge is 0.279 e. The minimum Gasteiger partial charge on any atom is -0.482 e. The molecule has 0 aliphatic heterocycles. The SMILES string of the molecule is CCC(Oc1ccc(-c2ccccc2)cc1)C(=O)NNC(=O)COc1c(C)cc(Br)cc1Br. The first-order chi connectivity index (χ1) is 15.9. The van der Waals surface area contributed by atoms with Crippen LogP contribution in [0.3, 0.4) is 0 Å². The second kappa shape index (κ2) is 11.9. The van der Waals surface area contributed by atoms with Crippen LogP contribution < -0.4 is 20.3 Å². The maximum atomic E-state index is 12.5. The third kappa shape index (κ3) is 7.07. The van der Waals surface area contributed by atoms with Gasteiger partial charge in [0.15, 0.2) is 12.7 Å². The van der Waals surface area contributed by atoms with E-state index in [2.05, 4.69) is 42.7 Å². The van der Waals surface area contributed by atoms with Gasteiger partial charge in [-0.2, -0.15) is 0 Å². The monoisotopic (exact) mass is 574 g/mol. The molecule has 0 spiro atoms. The molecule has 0 aliphatic carbocycles. The normalized spacial score (nSPS) is 11.4. The second-order valence-corrected chi connectivity index (χ2v) is 9.03. The van der Waals surface area contributed by atoms with Crippen LogP contribution in [0.5, 0.6) is 11.5 Å². The van der Waals surface area contributed by atoms with Crippen molar-refractivity contribution in [3.05, 3.63) is 81.2 Å². The summed E-state index contributed by atoms with van der Waals surface area (Å²) in [5, 5.41) is 0. The van der Waals surface area contributed by atoms with E-state index < -0.39 is 17.9 Å². The molecule has 0 saturated heterocycles. The molecule has 3 rings (SSSR count). The summed E-state index contributed by atoms with van der Waals surface area (Å²) in [5.41, 5.74) is 7.79. The van der Waals surface area contributed by atoms with E-state index in [0.29, 0.717) is 17.9 Å². The van der Waals surface area contributed by atoms with Crippen molar-refractivity contribution in [3.63, 3.8) is 0 Å². The Morgan fingerprint density at radius 1 is 0.939 bits per heavy atom. The summed E-state index contributed by atoms with van der Waals surface area (Å²) in [6.07, 6.45) is -0.319. The molecule has 1 atom stereocenters. The summed E-state index contributed by atoms with van der Waals surface area (Å²) >= 11 is 6.82. The van der Waals surface area contributed by atoms with Gasteiger partial charge in [0.1, 0.15) is 11.5 Å². The number of rotatable bonds is 8. The molecule has 2 amide bonds. The summed E-state index contributed by atoms with van der Waals surface area (Å²) in [6.45, 7) is 3.46. The molecule has 2 N–H and O–H groups in total. The summed E-state index contributed by atoms with van der Waals surface area (Å²) in [7, 11) is 0. The standard InChI is InChI=1S/C25H24Br2N2O4/c1-3-22(33-20-11-9-18(10-12-20)17-7-5-4-6-8-17)25(31)29-28-23(30)15-32-24-16(2)13-19(26)14-21(24)27/h4-14,22H,3,15H2,1-2H3,(H,28,30)(H,29,31). The molecule has 0 aromatic heterocycles. The first-order valence-corrected chi connectivity index (χ1v) is 11.9. The Balaban J connectivity index is 1.50. The van der Waals surface area contributed by atoms with Gasteiger partial charge < -0.3 is 9.47 Å². The van der Waals surface area contributed by atoms with Crippen molar-refractivity contribution in [2.75, 3.05) is 6.61 Å². The molecule has 0 saturated carbocycles. The number of ether oxygens (including phenoxy) is 2. The lowest BCUT2D eigenvalue weighted by molar-refractivity contribution is -0.134. The fourth-order valence-corrected chi connectivity index (χ4v) is 4.65. The van der Waals surface area contributed by atoms with Gasteiger partial charge in [0.25, 0.3) is 11.8 Å². The van der Waals surface area contributed by atoms with Crippen molar-refractivity contribution in [3.8, 4) is 22.6 Å². The number of hydrogen-bond donors (Lipinski definition) is 2. The summed E-state index contributed by atoms with van der Waals surface area (Å²) in [6, 6.07) is 21.2. The molecule has 3 aromatic carbocycles. The molecule has 1 unspecified atom stereocenters. The fourth-order valence-electron chi connectivity index (χ4n) is 3.10. The van der Waals surface area contributed by atoms with Gasteiger partial charge in [0, 0.05) is 4.47 Å². The zero-order chi connectivity index (χ0) is 23.8. The van der Waals surface area contributed by atoms with Crippen molar-refractivity contribution in [2.45, 2.75) is 26.4 Å². The molecule has 0 aliphatic rings. The van der Waals surface area contributed by atoms with Crippen LogP contribution in [0.2, 0.25) is 0 Å². The number of carbonyl (C=O) groups excluding carboxylic acids is 2. The zero-order valence-electron chi connectivity index (χ0n) is 18.2. The van der Waals surface area contributed by atoms with Gasteiger partial charge in [-0.3, -0.25) is 20.4 Å². The van der Waals surface area contributed by atoms with Crippen LogP contribution in [-0.2, 0) is 9.59 Å². The molecule has 0 bridgehead atoms. The van der Waals surface area contributed by atoms with Gasteiger partial charge in [-0.1, -0.05) is 65.3 Å². The number of carbonyl (C=O) groups is 2. The van der Waals surface area contributed by atoms with Crippen LogP contribution in [-0.4, -0.2) is 24.5 Å². The van der Waals surface area contributed by atoms with E-state index >= 15 is 0 Å². The zero-order valence-corrected chi connectivity index (χ0v) is 21.4. The average Bonchev–Trinajstić information content (AvgIpc) is 2.81. The molecule has 0 heterocycles. The molecule has 33 heavy (non-hydrogen) atoms. The quantitative estimate of drug-likeness (QED) is 0.344. The number of aryl methyl sites for hydroxylation is 1. The highest BCUT2D eigenvalue weighted by molar-refractivity contribution is 9.11. The number of hydrogen-bond acceptors (Lipinski definition) is 4. The third-order valence-electron chi connectivity index (χ3n) is 4.77. The van der Waals surface area contributed by atoms with E-state index in [1.54, 1.807) is 0 Å². The average molecular weight is 576 g/mol. The van der Waals surface area contributed by atoms with Crippen LogP contribution in [0.25, 0.3) is 11.1 Å². The van der Waals surface area contributed by atoms with E-state index in [9.17, 15) is 9.59 Å². The van der Waals surface area contributed by atoms with Gasteiger partial charge in [-0.15, -0.1) is 0 Å². The number of nitrogens with one attached hydrogen (secondary N) is 2. The van der Waals surface area contributed by atoms with Gasteiger partial charge in [0.2, 0.25) is 0 Å². The van der Waals surface area contributed by atoms with E-state index in [0.717, 1.165) is 25.6 Å². The number of hydrazine groups is 1. The molecule has 0 fully saturated rings. The maximum absolute atomic E-state index is 12.5. The fraction of sp³-hybridized carbons (Fsp3) is 0.200. The lowest BCUT2D eigenvalue weighted by Gasteiger charge is -2.18. The predicted octanol–water partition coefficient (Wildman–Crippen LogP) is 5.57. The summed E-state index contributed by atoms with van der Waals surface area (Å²) < 4.78 is 13.0. The number of halogens is 2. The largest absolute Gasteiger partial charge is 0.482 e. The van der Waals surface area contributed by atoms with Crippen molar-refractivity contribution in [2.24, 2.45) is 0 Å². The van der Waals surface area contributed by atoms with E-state index in [4.69, 9.17) is 9.47 Å². The second-order valence-electron chi connectivity index (χ2n) is 7.26. The Labute approximate surface area is 209 Å². The molecule has 6 nitrogen and oxygen atoms in total. The molecule has 0 radical (unpaired) electrons. The van der Waals surface area contributed by atoms with Crippen LogP contribution in [0.4, 0.5) is 0 Å². The lowest BCUT2D eigenvalue weighted by atomic mass is 10.1. The van der Waals surface area contributed by atoms with Crippen LogP contribution >= 0.6 is 31.9 Å². The van der Waals surface area contributed by atoms with Crippen molar-refractivity contribution < 1.29 is 19.1 Å². The molecular weight excluding hydrogens is 552 g/mol. The van der Waals surface area contributed by atoms with Crippen LogP contribution in [0.15, 0.2) is 75.7 Å². The van der Waals surface area contributed by atoms with Crippen LogP contribution in [0.1, 0.15) is 18.9 Å². The molecular formula is C25H24Br2N2O4. The van der Waals surface area contributed by atoms with Gasteiger partial charge in [0.05, 0.1) is 4.47 Å². The first kappa shape index (κ1) is 24.8. The Morgan fingerprint density at radius 3 is 2.24 bits per heavy atom. The highest BCUT2D eigenvalue weighted by Gasteiger charge is 2.19. The van der Waals surface area contributed by atoms with Gasteiger partial charge >= 0.3 is 0 Å². The molecule has 172 valence electrons. The Kier molecular flexibility index (Phi) is 8.91. The van der Waals surface area contributed by atoms with Gasteiger partial charge in [-0.25, -0.2) is 0 Å². The summed E-state index contributed by atoms with van der Waals surface area (Å²) in [5.74, 6) is 0.203. The van der Waals surface area contributed by atoms with Crippen molar-refractivity contribution >= 4 is 43.7 Å². The molecule has 3 aromatic rings. The Hall–Kier alpha value is -2.84. The first-order valence-electron chi connectivity index (χ1n) is 10.4. The Bertz CT molecular complexity index is 1080. The Morgan fingerprint density at radius 2 is 1.61 bits per heavy atom. The minimum atomic E-state index is -0.753. The van der Waals surface area contributed by atoms with Gasteiger partial charge in [-0.05, 0) is 70.2 Å². The molecule has 8 heteroatoms. The van der Waals surface area contributed by atoms with E-state index in [-0.39, 0.29) is 6.61 Å². The minimum absolute atomic E-state index is 0.250. The van der Waals surface area contributed by atoms with E-state index in [1.807, 2.05) is 80.6 Å². The third-order valence-corrected chi connectivity index (χ3v) is 5.82. The predicted molar refractivity (Wildman–Crippen MR) is 135 cm³/mol. The van der Waals surface area contributed by atoms with E-state index in [1.165, 1.54) is 0 Å². The maximum Gasteiger partial charge on any atom is 0.279 e. The van der Waals surface area contributed by atoms with Crippen molar-refractivity contribution in [1.82, 2.24) is 10.9 Å². The topological polar surface area (TPSA) is 76.7 Å². The summed E-state index contributed by atoms with van der Waals surface area (Å²) in [4.78, 5) is 24.6. The number of benzene rings is 3. The van der Waals surface area contributed by atoms with Crippen LogP contribution in [0, 0.1) is 6.92 Å². The van der Waals surface area contributed by atoms with Crippen molar-refractivity contribution in [1.29, 1.82) is 0 Å². The lowest BCUT2D eigenvalue weighted by Crippen LogP contribution is -2.49. The number of amides is 2. The highest BCUT2D eigenvalue weighted by Crippen LogP contribution is 2.32. The highest BCUT2D eigenvalue weighted by atomic mass is 79.9.